The van der Waals surface area contributed by atoms with Crippen LogP contribution in [0.1, 0.15) is 23.1 Å². The number of methoxy groups -OCH3 is 1. The summed E-state index contributed by atoms with van der Waals surface area (Å²) in [5.41, 5.74) is 3.31. The van der Waals surface area contributed by atoms with Crippen LogP contribution in [0.4, 0.5) is 4.39 Å². The first-order valence-corrected chi connectivity index (χ1v) is 9.55. The Kier molecular flexibility index (Phi) is 6.83. The van der Waals surface area contributed by atoms with Crippen LogP contribution in [0, 0.1) is 12.7 Å². The van der Waals surface area contributed by atoms with Crippen molar-refractivity contribution in [3.8, 4) is 5.75 Å². The summed E-state index contributed by atoms with van der Waals surface area (Å²) in [6.07, 6.45) is 0.730. The van der Waals surface area contributed by atoms with Crippen molar-refractivity contribution in [1.82, 2.24) is 9.80 Å². The summed E-state index contributed by atoms with van der Waals surface area (Å²) in [5.74, 6) is 0.313. The normalized spacial score (nSPS) is 18.6. The SMILES string of the molecule is COc1ccc(CN2CCN(Cc3ccccc3C)C(CCO)C2)c(F)c1. The lowest BCUT2D eigenvalue weighted by atomic mass is 10.0. The molecule has 146 valence electrons. The zero-order chi connectivity index (χ0) is 19.2. The molecule has 27 heavy (non-hydrogen) atoms. The molecule has 1 aliphatic heterocycles. The van der Waals surface area contributed by atoms with Gasteiger partial charge >= 0.3 is 0 Å². The third kappa shape index (κ3) is 5.06. The number of aliphatic hydroxyl groups is 1. The third-order valence-corrected chi connectivity index (χ3v) is 5.44. The van der Waals surface area contributed by atoms with Crippen molar-refractivity contribution >= 4 is 0 Å². The summed E-state index contributed by atoms with van der Waals surface area (Å²) in [4.78, 5) is 4.72. The van der Waals surface area contributed by atoms with Gasteiger partial charge in [0.25, 0.3) is 0 Å². The summed E-state index contributed by atoms with van der Waals surface area (Å²) in [5, 5.41) is 9.52. The number of halogens is 1. The van der Waals surface area contributed by atoms with Crippen molar-refractivity contribution in [2.75, 3.05) is 33.4 Å². The monoisotopic (exact) mass is 372 g/mol. The van der Waals surface area contributed by atoms with Crippen molar-refractivity contribution < 1.29 is 14.2 Å². The third-order valence-electron chi connectivity index (χ3n) is 5.44. The second-order valence-corrected chi connectivity index (χ2v) is 7.26. The van der Waals surface area contributed by atoms with Crippen LogP contribution in [0.5, 0.6) is 5.75 Å². The smallest absolute Gasteiger partial charge is 0.131 e. The van der Waals surface area contributed by atoms with Gasteiger partial charge in [-0.15, -0.1) is 0 Å². The van der Waals surface area contributed by atoms with Crippen LogP contribution in [0.25, 0.3) is 0 Å². The van der Waals surface area contributed by atoms with E-state index in [2.05, 4.69) is 41.0 Å². The molecule has 2 aromatic rings. The highest BCUT2D eigenvalue weighted by molar-refractivity contribution is 5.29. The van der Waals surface area contributed by atoms with E-state index in [1.165, 1.54) is 17.2 Å². The quantitative estimate of drug-likeness (QED) is 0.810. The molecule has 4 nitrogen and oxygen atoms in total. The Morgan fingerprint density at radius 1 is 1.11 bits per heavy atom. The van der Waals surface area contributed by atoms with Gasteiger partial charge in [-0.2, -0.15) is 0 Å². The van der Waals surface area contributed by atoms with E-state index in [4.69, 9.17) is 4.74 Å². The molecule has 2 aromatic carbocycles. The van der Waals surface area contributed by atoms with Gasteiger partial charge in [0, 0.05) is 57.0 Å². The Hall–Kier alpha value is -1.95. The van der Waals surface area contributed by atoms with Gasteiger partial charge in [0.15, 0.2) is 0 Å². The first-order chi connectivity index (χ1) is 13.1. The molecule has 0 spiro atoms. The van der Waals surface area contributed by atoms with Gasteiger partial charge in [-0.25, -0.2) is 4.39 Å². The van der Waals surface area contributed by atoms with Gasteiger partial charge in [-0.3, -0.25) is 9.80 Å². The largest absolute Gasteiger partial charge is 0.497 e. The second kappa shape index (κ2) is 9.31. The highest BCUT2D eigenvalue weighted by Gasteiger charge is 2.27. The number of rotatable bonds is 7. The van der Waals surface area contributed by atoms with Crippen molar-refractivity contribution in [3.63, 3.8) is 0 Å². The molecule has 5 heteroatoms. The molecule has 1 aliphatic rings. The van der Waals surface area contributed by atoms with Crippen LogP contribution < -0.4 is 4.74 Å². The molecule has 0 radical (unpaired) electrons. The number of hydrogen-bond donors (Lipinski definition) is 1. The number of ether oxygens (including phenoxy) is 1. The van der Waals surface area contributed by atoms with E-state index in [-0.39, 0.29) is 18.5 Å². The Balaban J connectivity index is 1.66. The number of nitrogens with zero attached hydrogens (tertiary/aromatic N) is 2. The van der Waals surface area contributed by atoms with E-state index in [9.17, 15) is 9.50 Å². The van der Waals surface area contributed by atoms with Gasteiger partial charge in [-0.05, 0) is 30.5 Å². The minimum atomic E-state index is -0.226. The molecule has 1 heterocycles. The van der Waals surface area contributed by atoms with E-state index in [0.717, 1.165) is 32.6 Å². The summed E-state index contributed by atoms with van der Waals surface area (Å²) < 4.78 is 19.4. The standard InChI is InChI=1S/C22H29FN2O2/c1-17-5-3-4-6-18(17)15-25-11-10-24(16-20(25)9-12-26)14-19-7-8-21(27-2)13-22(19)23/h3-8,13,20,26H,9-12,14-16H2,1-2H3. The van der Waals surface area contributed by atoms with Gasteiger partial charge < -0.3 is 9.84 Å². The van der Waals surface area contributed by atoms with Crippen molar-refractivity contribution in [2.24, 2.45) is 0 Å². The fraction of sp³-hybridized carbons (Fsp3) is 0.455. The highest BCUT2D eigenvalue weighted by Crippen LogP contribution is 2.22. The second-order valence-electron chi connectivity index (χ2n) is 7.26. The number of aliphatic hydroxyl groups excluding tert-OH is 1. The highest BCUT2D eigenvalue weighted by atomic mass is 19.1. The number of benzene rings is 2. The van der Waals surface area contributed by atoms with Crippen molar-refractivity contribution in [1.29, 1.82) is 0 Å². The van der Waals surface area contributed by atoms with Crippen LogP contribution in [-0.2, 0) is 13.1 Å². The zero-order valence-corrected chi connectivity index (χ0v) is 16.2. The van der Waals surface area contributed by atoms with E-state index >= 15 is 0 Å². The van der Waals surface area contributed by atoms with E-state index in [0.29, 0.717) is 17.9 Å². The topological polar surface area (TPSA) is 35.9 Å². The lowest BCUT2D eigenvalue weighted by molar-refractivity contribution is 0.0493. The molecule has 1 fully saturated rings. The Morgan fingerprint density at radius 3 is 2.63 bits per heavy atom. The van der Waals surface area contributed by atoms with Gasteiger partial charge in [0.2, 0.25) is 0 Å². The van der Waals surface area contributed by atoms with Crippen molar-refractivity contribution in [2.45, 2.75) is 32.5 Å². The Bertz CT molecular complexity index is 753. The lowest BCUT2D eigenvalue weighted by Gasteiger charge is -2.41. The lowest BCUT2D eigenvalue weighted by Crippen LogP contribution is -2.52. The van der Waals surface area contributed by atoms with Crippen molar-refractivity contribution in [3.05, 3.63) is 65.0 Å². The maximum atomic E-state index is 14.3. The van der Waals surface area contributed by atoms with Gasteiger partial charge in [0.1, 0.15) is 11.6 Å². The first kappa shape index (κ1) is 19.8. The van der Waals surface area contributed by atoms with Crippen LogP contribution in [-0.4, -0.2) is 54.3 Å². The molecule has 0 amide bonds. The molecular weight excluding hydrogens is 343 g/mol. The first-order valence-electron chi connectivity index (χ1n) is 9.55. The predicted octanol–water partition coefficient (Wildman–Crippen LogP) is 3.21. The minimum absolute atomic E-state index is 0.166. The molecule has 0 aromatic heterocycles. The maximum Gasteiger partial charge on any atom is 0.131 e. The average Bonchev–Trinajstić information content (AvgIpc) is 2.67. The Labute approximate surface area is 161 Å². The minimum Gasteiger partial charge on any atom is -0.497 e. The molecule has 0 aliphatic carbocycles. The fourth-order valence-electron chi connectivity index (χ4n) is 3.76. The molecule has 0 bridgehead atoms. The van der Waals surface area contributed by atoms with Crippen LogP contribution in [0.3, 0.4) is 0 Å². The summed E-state index contributed by atoms with van der Waals surface area (Å²) in [6.45, 7) is 6.41. The van der Waals surface area contributed by atoms with E-state index in [1.807, 2.05) is 0 Å². The van der Waals surface area contributed by atoms with E-state index < -0.39 is 0 Å². The molecule has 1 saturated heterocycles. The molecule has 1 unspecified atom stereocenters. The predicted molar refractivity (Wildman–Crippen MR) is 105 cm³/mol. The zero-order valence-electron chi connectivity index (χ0n) is 16.2. The van der Waals surface area contributed by atoms with Gasteiger partial charge in [0.05, 0.1) is 7.11 Å². The molecular formula is C22H29FN2O2. The molecule has 1 N–H and O–H groups in total. The number of hydrogen-bond acceptors (Lipinski definition) is 4. The molecule has 1 atom stereocenters. The number of aryl methyl sites for hydroxylation is 1. The van der Waals surface area contributed by atoms with Gasteiger partial charge in [-0.1, -0.05) is 30.3 Å². The fourth-order valence-corrected chi connectivity index (χ4v) is 3.76. The summed E-state index contributed by atoms with van der Waals surface area (Å²) >= 11 is 0. The summed E-state index contributed by atoms with van der Waals surface area (Å²) in [6, 6.07) is 13.8. The van der Waals surface area contributed by atoms with E-state index in [1.54, 1.807) is 19.2 Å². The number of piperazine rings is 1. The van der Waals surface area contributed by atoms with Crippen LogP contribution in [0.15, 0.2) is 42.5 Å². The maximum absolute atomic E-state index is 14.3. The van der Waals surface area contributed by atoms with Crippen LogP contribution >= 0.6 is 0 Å². The van der Waals surface area contributed by atoms with Crippen LogP contribution in [0.2, 0.25) is 0 Å². The molecule has 3 rings (SSSR count). The average molecular weight is 372 g/mol. The Morgan fingerprint density at radius 2 is 1.93 bits per heavy atom. The molecule has 0 saturated carbocycles. The summed E-state index contributed by atoms with van der Waals surface area (Å²) in [7, 11) is 1.54.